The van der Waals surface area contributed by atoms with Gasteiger partial charge in [-0.2, -0.15) is 4.90 Å². The number of hydrogen-bond donors (Lipinski definition) is 1. The first-order valence-electron chi connectivity index (χ1n) is 9.77. The van der Waals surface area contributed by atoms with E-state index in [2.05, 4.69) is 9.97 Å². The van der Waals surface area contributed by atoms with Gasteiger partial charge in [0.05, 0.1) is 0 Å². The summed E-state index contributed by atoms with van der Waals surface area (Å²) in [5.41, 5.74) is 5.60. The summed E-state index contributed by atoms with van der Waals surface area (Å²) in [6, 6.07) is 6.71. The van der Waals surface area contributed by atoms with Crippen molar-refractivity contribution in [3.05, 3.63) is 45.7 Å². The first-order chi connectivity index (χ1) is 14.5. The standard InChI is InChI=1S/C16H23ClN2O4.C6H7ClN2/c1-10-8-11(17)18-12(9-10)19(13(20)22-15(2,3)4)14(21)23-16(5,6)7;1-4-2-5(7)9-6(8)3-4/h8-9H,1-7H3;2-3H,1H3,(H2,8,9). The maximum absolute atomic E-state index is 12.4. The summed E-state index contributed by atoms with van der Waals surface area (Å²) in [4.78, 5) is 33.4. The number of ether oxygens (including phenoxy) is 2. The van der Waals surface area contributed by atoms with Gasteiger partial charge in [-0.3, -0.25) is 0 Å². The Morgan fingerprint density at radius 3 is 1.56 bits per heavy atom. The van der Waals surface area contributed by atoms with Crippen molar-refractivity contribution in [2.75, 3.05) is 10.6 Å². The zero-order valence-electron chi connectivity index (χ0n) is 19.6. The second-order valence-corrected chi connectivity index (χ2v) is 9.79. The van der Waals surface area contributed by atoms with E-state index in [1.165, 1.54) is 0 Å². The Labute approximate surface area is 199 Å². The number of pyridine rings is 2. The van der Waals surface area contributed by atoms with Gasteiger partial charge in [0.2, 0.25) is 0 Å². The Kier molecular flexibility index (Phi) is 9.29. The minimum Gasteiger partial charge on any atom is -0.443 e. The molecule has 0 radical (unpaired) electrons. The van der Waals surface area contributed by atoms with Gasteiger partial charge in [-0.25, -0.2) is 19.6 Å². The van der Waals surface area contributed by atoms with Crippen LogP contribution in [-0.2, 0) is 9.47 Å². The molecule has 10 heteroatoms. The topological polar surface area (TPSA) is 108 Å². The minimum atomic E-state index is -0.874. The average Bonchev–Trinajstić information content (AvgIpc) is 2.49. The Morgan fingerprint density at radius 1 is 0.812 bits per heavy atom. The maximum Gasteiger partial charge on any atom is 0.425 e. The number of aromatic nitrogens is 2. The maximum atomic E-state index is 12.4. The molecule has 2 aromatic rings. The van der Waals surface area contributed by atoms with Crippen molar-refractivity contribution in [1.29, 1.82) is 0 Å². The summed E-state index contributed by atoms with van der Waals surface area (Å²) in [6.45, 7) is 13.9. The van der Waals surface area contributed by atoms with Gasteiger partial charge in [0, 0.05) is 0 Å². The molecule has 0 aliphatic heterocycles. The molecule has 0 aliphatic rings. The van der Waals surface area contributed by atoms with E-state index in [0.717, 1.165) is 16.0 Å². The molecule has 2 aromatic heterocycles. The van der Waals surface area contributed by atoms with Gasteiger partial charge in [-0.15, -0.1) is 0 Å². The van der Waals surface area contributed by atoms with Gasteiger partial charge in [0.25, 0.3) is 0 Å². The highest BCUT2D eigenvalue weighted by Gasteiger charge is 2.33. The molecule has 2 N–H and O–H groups in total. The third-order valence-corrected chi connectivity index (χ3v) is 3.65. The van der Waals surface area contributed by atoms with Crippen molar-refractivity contribution in [3.8, 4) is 0 Å². The lowest BCUT2D eigenvalue weighted by atomic mass is 10.2. The smallest absolute Gasteiger partial charge is 0.425 e. The lowest BCUT2D eigenvalue weighted by Gasteiger charge is -2.28. The van der Waals surface area contributed by atoms with E-state index < -0.39 is 23.4 Å². The van der Waals surface area contributed by atoms with Crippen LogP contribution in [0.4, 0.5) is 21.2 Å². The van der Waals surface area contributed by atoms with Gasteiger partial charge in [-0.1, -0.05) is 23.2 Å². The molecule has 0 unspecified atom stereocenters. The molecule has 0 atom stereocenters. The minimum absolute atomic E-state index is 0.0542. The molecule has 0 aliphatic carbocycles. The highest BCUT2D eigenvalue weighted by atomic mass is 35.5. The number of halogens is 2. The van der Waals surface area contributed by atoms with E-state index in [4.69, 9.17) is 38.4 Å². The number of aryl methyl sites for hydroxylation is 2. The summed E-state index contributed by atoms with van der Waals surface area (Å²) in [6.07, 6.45) is -1.75. The van der Waals surface area contributed by atoms with Crippen LogP contribution < -0.4 is 10.6 Å². The summed E-state index contributed by atoms with van der Waals surface area (Å²) < 4.78 is 10.5. The van der Waals surface area contributed by atoms with E-state index in [0.29, 0.717) is 11.0 Å². The normalized spacial score (nSPS) is 11.2. The van der Waals surface area contributed by atoms with Crippen LogP contribution in [0.15, 0.2) is 24.3 Å². The molecule has 176 valence electrons. The molecule has 2 heterocycles. The van der Waals surface area contributed by atoms with Crippen LogP contribution in [0.25, 0.3) is 0 Å². The summed E-state index contributed by atoms with van der Waals surface area (Å²) >= 11 is 11.5. The zero-order chi connectivity index (χ0) is 24.9. The highest BCUT2D eigenvalue weighted by molar-refractivity contribution is 6.30. The summed E-state index contributed by atoms with van der Waals surface area (Å²) in [5.74, 6) is 0.526. The molecular weight excluding hydrogens is 455 g/mol. The predicted octanol–water partition coefficient (Wildman–Crippen LogP) is 6.35. The second kappa shape index (κ2) is 10.8. The molecule has 0 saturated heterocycles. The molecule has 2 rings (SSSR count). The molecule has 32 heavy (non-hydrogen) atoms. The van der Waals surface area contributed by atoms with Crippen molar-refractivity contribution in [2.45, 2.75) is 66.6 Å². The van der Waals surface area contributed by atoms with Gasteiger partial charge in [0.15, 0.2) is 5.82 Å². The van der Waals surface area contributed by atoms with Crippen molar-refractivity contribution < 1.29 is 19.1 Å². The second-order valence-electron chi connectivity index (χ2n) is 9.01. The quantitative estimate of drug-likeness (QED) is 0.469. The predicted molar refractivity (Wildman–Crippen MR) is 127 cm³/mol. The van der Waals surface area contributed by atoms with Gasteiger partial charge < -0.3 is 15.2 Å². The molecule has 2 amide bonds. The molecule has 0 aromatic carbocycles. The number of amides is 2. The van der Waals surface area contributed by atoms with E-state index >= 15 is 0 Å². The number of hydrogen-bond acceptors (Lipinski definition) is 7. The Balaban J connectivity index is 0.000000471. The Hall–Kier alpha value is -2.58. The first-order valence-corrected chi connectivity index (χ1v) is 10.5. The molecular formula is C22H30Cl2N4O4. The molecule has 0 saturated carbocycles. The van der Waals surface area contributed by atoms with E-state index in [1.54, 1.807) is 72.7 Å². The van der Waals surface area contributed by atoms with Crippen molar-refractivity contribution in [3.63, 3.8) is 0 Å². The highest BCUT2D eigenvalue weighted by Crippen LogP contribution is 2.23. The van der Waals surface area contributed by atoms with Gasteiger partial charge in [0.1, 0.15) is 27.3 Å². The number of nitrogens with zero attached hydrogens (tertiary/aromatic N) is 3. The van der Waals surface area contributed by atoms with Crippen molar-refractivity contribution >= 4 is 47.0 Å². The lowest BCUT2D eigenvalue weighted by molar-refractivity contribution is 0.0429. The number of nitrogen functional groups attached to an aromatic ring is 1. The number of carbonyl (C=O) groups is 2. The third kappa shape index (κ3) is 10.2. The van der Waals surface area contributed by atoms with Gasteiger partial charge >= 0.3 is 12.2 Å². The van der Waals surface area contributed by atoms with E-state index in [9.17, 15) is 9.59 Å². The number of anilines is 2. The third-order valence-electron chi connectivity index (χ3n) is 3.26. The SMILES string of the molecule is Cc1cc(Cl)nc(N(C(=O)OC(C)(C)C)C(=O)OC(C)(C)C)c1.Cc1cc(N)nc(Cl)c1. The van der Waals surface area contributed by atoms with Gasteiger partial charge in [-0.05, 0) is 90.8 Å². The van der Waals surface area contributed by atoms with Crippen LogP contribution in [0.2, 0.25) is 10.3 Å². The van der Waals surface area contributed by atoms with Crippen LogP contribution in [-0.4, -0.2) is 33.4 Å². The molecule has 0 fully saturated rings. The van der Waals surface area contributed by atoms with E-state index in [1.807, 2.05) is 6.92 Å². The van der Waals surface area contributed by atoms with Crippen LogP contribution in [0, 0.1) is 13.8 Å². The Bertz CT molecular complexity index is 871. The largest absolute Gasteiger partial charge is 0.443 e. The fourth-order valence-corrected chi connectivity index (χ4v) is 2.78. The molecule has 8 nitrogen and oxygen atoms in total. The summed E-state index contributed by atoms with van der Waals surface area (Å²) in [5, 5.41) is 0.615. The average molecular weight is 485 g/mol. The van der Waals surface area contributed by atoms with Crippen LogP contribution >= 0.6 is 23.2 Å². The molecule has 0 spiro atoms. The Morgan fingerprint density at radius 2 is 1.22 bits per heavy atom. The summed E-state index contributed by atoms with van der Waals surface area (Å²) in [7, 11) is 0. The first kappa shape index (κ1) is 27.5. The van der Waals surface area contributed by atoms with Crippen LogP contribution in [0.5, 0.6) is 0 Å². The molecule has 0 bridgehead atoms. The van der Waals surface area contributed by atoms with Crippen LogP contribution in [0.1, 0.15) is 52.7 Å². The fourth-order valence-electron chi connectivity index (χ4n) is 2.25. The lowest BCUT2D eigenvalue weighted by Crippen LogP contribution is -2.44. The monoisotopic (exact) mass is 484 g/mol. The van der Waals surface area contributed by atoms with Crippen molar-refractivity contribution in [1.82, 2.24) is 9.97 Å². The van der Waals surface area contributed by atoms with Crippen LogP contribution in [0.3, 0.4) is 0 Å². The fraction of sp³-hybridized carbons (Fsp3) is 0.455. The van der Waals surface area contributed by atoms with Crippen molar-refractivity contribution in [2.24, 2.45) is 0 Å². The zero-order valence-corrected chi connectivity index (χ0v) is 21.1. The van der Waals surface area contributed by atoms with E-state index in [-0.39, 0.29) is 11.0 Å². The number of rotatable bonds is 1. The number of carbonyl (C=O) groups excluding carboxylic acids is 2. The number of imide groups is 1. The number of nitrogens with two attached hydrogens (primary N) is 1.